The molecule has 2 N–H and O–H groups in total. The van der Waals surface area contributed by atoms with E-state index in [0.29, 0.717) is 13.2 Å². The van der Waals surface area contributed by atoms with Gasteiger partial charge in [-0.15, -0.1) is 0 Å². The second kappa shape index (κ2) is 6.26. The van der Waals surface area contributed by atoms with Crippen molar-refractivity contribution in [3.63, 3.8) is 0 Å². The highest BCUT2D eigenvalue weighted by Crippen LogP contribution is 2.30. The minimum absolute atomic E-state index is 0.595. The number of hydrogen-bond acceptors (Lipinski definition) is 4. The highest BCUT2D eigenvalue weighted by molar-refractivity contribution is 5.43. The zero-order chi connectivity index (χ0) is 13.7. The predicted octanol–water partition coefficient (Wildman–Crippen LogP) is 1.75. The van der Waals surface area contributed by atoms with Crippen LogP contribution in [0.25, 0.3) is 0 Å². The molecule has 0 fully saturated rings. The molecule has 0 radical (unpaired) electrons. The summed E-state index contributed by atoms with van der Waals surface area (Å²) in [6.45, 7) is 6.47. The second-order valence-electron chi connectivity index (χ2n) is 5.57. The van der Waals surface area contributed by atoms with E-state index in [1.165, 1.54) is 5.56 Å². The number of nitrogens with one attached hydrogen (secondary N) is 1. The van der Waals surface area contributed by atoms with Crippen molar-refractivity contribution in [2.24, 2.45) is 0 Å². The lowest BCUT2D eigenvalue weighted by molar-refractivity contribution is 0.0801. The molecule has 0 spiro atoms. The molecule has 4 heteroatoms. The second-order valence-corrected chi connectivity index (χ2v) is 5.57. The summed E-state index contributed by atoms with van der Waals surface area (Å²) in [5.74, 6) is 1.68. The first kappa shape index (κ1) is 14.2. The molecular formula is C15H23NO3. The molecule has 1 heterocycles. The number of fused-ring (bicyclic) bond motifs is 1. The number of benzene rings is 1. The van der Waals surface area contributed by atoms with Gasteiger partial charge in [0.2, 0.25) is 0 Å². The molecule has 19 heavy (non-hydrogen) atoms. The Morgan fingerprint density at radius 3 is 2.68 bits per heavy atom. The molecule has 0 aliphatic carbocycles. The Morgan fingerprint density at radius 1 is 1.21 bits per heavy atom. The Morgan fingerprint density at radius 2 is 1.95 bits per heavy atom. The Hall–Kier alpha value is -1.26. The van der Waals surface area contributed by atoms with Crippen molar-refractivity contribution in [1.82, 2.24) is 5.32 Å². The predicted molar refractivity (Wildman–Crippen MR) is 74.9 cm³/mol. The average molecular weight is 265 g/mol. The van der Waals surface area contributed by atoms with Crippen LogP contribution in [-0.2, 0) is 6.42 Å². The van der Waals surface area contributed by atoms with Crippen molar-refractivity contribution < 1.29 is 14.6 Å². The molecule has 2 rings (SSSR count). The maximum absolute atomic E-state index is 9.61. The molecule has 4 nitrogen and oxygen atoms in total. The van der Waals surface area contributed by atoms with E-state index in [1.807, 2.05) is 12.1 Å². The van der Waals surface area contributed by atoms with Gasteiger partial charge in [0.1, 0.15) is 0 Å². The van der Waals surface area contributed by atoms with Gasteiger partial charge >= 0.3 is 0 Å². The maximum Gasteiger partial charge on any atom is 0.161 e. The van der Waals surface area contributed by atoms with Crippen molar-refractivity contribution >= 4 is 0 Å². The van der Waals surface area contributed by atoms with Crippen molar-refractivity contribution in [1.29, 1.82) is 0 Å². The molecule has 0 unspecified atom stereocenters. The maximum atomic E-state index is 9.61. The topological polar surface area (TPSA) is 50.7 Å². The molecule has 1 aliphatic rings. The number of ether oxygens (including phenoxy) is 2. The van der Waals surface area contributed by atoms with Crippen LogP contribution < -0.4 is 14.8 Å². The Labute approximate surface area is 114 Å². The van der Waals surface area contributed by atoms with E-state index < -0.39 is 5.60 Å². The smallest absolute Gasteiger partial charge is 0.161 e. The van der Waals surface area contributed by atoms with E-state index in [-0.39, 0.29) is 0 Å². The van der Waals surface area contributed by atoms with E-state index in [0.717, 1.165) is 37.5 Å². The van der Waals surface area contributed by atoms with E-state index in [9.17, 15) is 5.11 Å². The molecule has 0 atom stereocenters. The highest BCUT2D eigenvalue weighted by Gasteiger charge is 2.12. The summed E-state index contributed by atoms with van der Waals surface area (Å²) in [5.41, 5.74) is 0.553. The van der Waals surface area contributed by atoms with Crippen LogP contribution in [0.15, 0.2) is 18.2 Å². The minimum Gasteiger partial charge on any atom is -0.490 e. The summed E-state index contributed by atoms with van der Waals surface area (Å²) >= 11 is 0. The highest BCUT2D eigenvalue weighted by atomic mass is 16.5. The molecule has 0 aromatic heterocycles. The van der Waals surface area contributed by atoms with Gasteiger partial charge < -0.3 is 19.9 Å². The van der Waals surface area contributed by atoms with E-state index in [2.05, 4.69) is 11.4 Å². The van der Waals surface area contributed by atoms with Crippen LogP contribution in [0.5, 0.6) is 11.5 Å². The summed E-state index contributed by atoms with van der Waals surface area (Å²) in [4.78, 5) is 0. The number of rotatable bonds is 5. The van der Waals surface area contributed by atoms with Crippen LogP contribution >= 0.6 is 0 Å². The van der Waals surface area contributed by atoms with Crippen molar-refractivity contribution in [3.8, 4) is 11.5 Å². The zero-order valence-corrected chi connectivity index (χ0v) is 11.7. The fraction of sp³-hybridized carbons (Fsp3) is 0.600. The largest absolute Gasteiger partial charge is 0.490 e. The first-order chi connectivity index (χ1) is 9.04. The van der Waals surface area contributed by atoms with Gasteiger partial charge in [0.05, 0.1) is 18.8 Å². The van der Waals surface area contributed by atoms with E-state index >= 15 is 0 Å². The van der Waals surface area contributed by atoms with Gasteiger partial charge in [-0.3, -0.25) is 0 Å². The van der Waals surface area contributed by atoms with Crippen LogP contribution in [0, 0.1) is 0 Å². The lowest BCUT2D eigenvalue weighted by Crippen LogP contribution is -2.35. The SMILES string of the molecule is CC(C)(O)CNCCc1ccc2c(c1)OCCCO2. The van der Waals surface area contributed by atoms with Gasteiger partial charge in [0.15, 0.2) is 11.5 Å². The summed E-state index contributed by atoms with van der Waals surface area (Å²) in [5, 5.41) is 12.8. The number of hydrogen-bond donors (Lipinski definition) is 2. The fourth-order valence-electron chi connectivity index (χ4n) is 1.99. The van der Waals surface area contributed by atoms with Gasteiger partial charge in [-0.05, 0) is 44.5 Å². The van der Waals surface area contributed by atoms with Crippen LogP contribution in [0.4, 0.5) is 0 Å². The molecule has 0 saturated carbocycles. The Bertz CT molecular complexity index is 412. The summed E-state index contributed by atoms with van der Waals surface area (Å²) < 4.78 is 11.3. The Balaban J connectivity index is 1.86. The van der Waals surface area contributed by atoms with Gasteiger partial charge in [-0.2, -0.15) is 0 Å². The standard InChI is InChI=1S/C15H23NO3/c1-15(2,17)11-16-7-6-12-4-5-13-14(10-12)19-9-3-8-18-13/h4-5,10,16-17H,3,6-9,11H2,1-2H3. The first-order valence-corrected chi connectivity index (χ1v) is 6.86. The van der Waals surface area contributed by atoms with Gasteiger partial charge in [-0.25, -0.2) is 0 Å². The van der Waals surface area contributed by atoms with Crippen LogP contribution in [0.1, 0.15) is 25.8 Å². The lowest BCUT2D eigenvalue weighted by Gasteiger charge is -2.17. The zero-order valence-electron chi connectivity index (χ0n) is 11.7. The third kappa shape index (κ3) is 4.73. The van der Waals surface area contributed by atoms with Crippen molar-refractivity contribution in [2.75, 3.05) is 26.3 Å². The normalized spacial score (nSPS) is 15.1. The third-order valence-corrected chi connectivity index (χ3v) is 2.96. The van der Waals surface area contributed by atoms with E-state index in [4.69, 9.17) is 9.47 Å². The molecule has 0 saturated heterocycles. The minimum atomic E-state index is -0.662. The first-order valence-electron chi connectivity index (χ1n) is 6.86. The molecule has 1 aromatic rings. The third-order valence-electron chi connectivity index (χ3n) is 2.96. The molecule has 1 aliphatic heterocycles. The molecule has 0 amide bonds. The molecule has 0 bridgehead atoms. The van der Waals surface area contributed by atoms with Gasteiger partial charge in [0.25, 0.3) is 0 Å². The van der Waals surface area contributed by atoms with E-state index in [1.54, 1.807) is 13.8 Å². The van der Waals surface area contributed by atoms with Crippen LogP contribution in [0.3, 0.4) is 0 Å². The summed E-state index contributed by atoms with van der Waals surface area (Å²) in [7, 11) is 0. The monoisotopic (exact) mass is 265 g/mol. The Kier molecular flexibility index (Phi) is 4.66. The summed E-state index contributed by atoms with van der Waals surface area (Å²) in [6.07, 6.45) is 1.84. The number of aliphatic hydroxyl groups is 1. The van der Waals surface area contributed by atoms with Crippen LogP contribution in [-0.4, -0.2) is 37.0 Å². The van der Waals surface area contributed by atoms with Gasteiger partial charge in [-0.1, -0.05) is 6.07 Å². The van der Waals surface area contributed by atoms with Crippen LogP contribution in [0.2, 0.25) is 0 Å². The van der Waals surface area contributed by atoms with Gasteiger partial charge in [0, 0.05) is 13.0 Å². The quantitative estimate of drug-likeness (QED) is 0.796. The van der Waals surface area contributed by atoms with Crippen molar-refractivity contribution in [3.05, 3.63) is 23.8 Å². The summed E-state index contributed by atoms with van der Waals surface area (Å²) in [6, 6.07) is 6.09. The molecule has 106 valence electrons. The average Bonchev–Trinajstić information content (AvgIpc) is 2.58. The molecular weight excluding hydrogens is 242 g/mol. The van der Waals surface area contributed by atoms with Crippen molar-refractivity contribution in [2.45, 2.75) is 32.3 Å². The fourth-order valence-corrected chi connectivity index (χ4v) is 1.99. The molecule has 1 aromatic carbocycles. The lowest BCUT2D eigenvalue weighted by atomic mass is 10.1.